The van der Waals surface area contributed by atoms with Gasteiger partial charge in [-0.1, -0.05) is 66.2 Å². The molecular formula is C28H31ClN2O4S. The SMILES string of the molecule is CN1CCCCN(S(=O)(=O)Cc2cccc(Cl)c2)[C@@H](Cc2ccccc2)COc2ccccc2C1=O. The van der Waals surface area contributed by atoms with Gasteiger partial charge in [0.05, 0.1) is 17.4 Å². The molecule has 0 saturated heterocycles. The summed E-state index contributed by atoms with van der Waals surface area (Å²) in [5, 5.41) is 0.505. The third-order valence-corrected chi connectivity index (χ3v) is 8.46. The Morgan fingerprint density at radius 3 is 2.39 bits per heavy atom. The van der Waals surface area contributed by atoms with Crippen LogP contribution >= 0.6 is 11.6 Å². The summed E-state index contributed by atoms with van der Waals surface area (Å²) in [7, 11) is -1.94. The fourth-order valence-corrected chi connectivity index (χ4v) is 6.45. The largest absolute Gasteiger partial charge is 0.491 e. The van der Waals surface area contributed by atoms with Gasteiger partial charge in [-0.15, -0.1) is 0 Å². The number of carbonyl (C=O) groups is 1. The van der Waals surface area contributed by atoms with Gasteiger partial charge in [0.25, 0.3) is 5.91 Å². The van der Waals surface area contributed by atoms with Gasteiger partial charge in [0.1, 0.15) is 12.4 Å². The quantitative estimate of drug-likeness (QED) is 0.468. The summed E-state index contributed by atoms with van der Waals surface area (Å²) in [6, 6.07) is 23.5. The number of nitrogens with zero attached hydrogens (tertiary/aromatic N) is 2. The number of para-hydroxylation sites is 1. The minimum absolute atomic E-state index is 0.101. The second-order valence-electron chi connectivity index (χ2n) is 9.08. The number of hydrogen-bond donors (Lipinski definition) is 0. The third-order valence-electron chi connectivity index (χ3n) is 6.33. The maximum Gasteiger partial charge on any atom is 0.257 e. The first-order chi connectivity index (χ1) is 17.3. The summed E-state index contributed by atoms with van der Waals surface area (Å²) < 4.78 is 35.4. The highest BCUT2D eigenvalue weighted by atomic mass is 35.5. The van der Waals surface area contributed by atoms with Crippen LogP contribution in [-0.4, -0.2) is 56.3 Å². The zero-order valence-corrected chi connectivity index (χ0v) is 21.9. The van der Waals surface area contributed by atoms with Gasteiger partial charge < -0.3 is 9.64 Å². The van der Waals surface area contributed by atoms with Crippen LogP contribution in [0.2, 0.25) is 5.02 Å². The van der Waals surface area contributed by atoms with Crippen molar-refractivity contribution in [2.75, 3.05) is 26.7 Å². The lowest BCUT2D eigenvalue weighted by Crippen LogP contribution is -2.46. The molecule has 8 heteroatoms. The van der Waals surface area contributed by atoms with Gasteiger partial charge in [-0.05, 0) is 54.7 Å². The molecule has 3 aromatic rings. The molecule has 0 bridgehead atoms. The Morgan fingerprint density at radius 1 is 0.917 bits per heavy atom. The van der Waals surface area contributed by atoms with E-state index in [0.717, 1.165) is 5.56 Å². The van der Waals surface area contributed by atoms with Crippen LogP contribution in [0.15, 0.2) is 78.9 Å². The van der Waals surface area contributed by atoms with Crippen LogP contribution < -0.4 is 4.74 Å². The minimum atomic E-state index is -3.70. The zero-order chi connectivity index (χ0) is 25.5. The molecule has 0 spiro atoms. The van der Waals surface area contributed by atoms with E-state index in [4.69, 9.17) is 16.3 Å². The van der Waals surface area contributed by atoms with E-state index in [1.54, 1.807) is 52.7 Å². The number of ether oxygens (including phenoxy) is 1. The Bertz CT molecular complexity index is 1280. The number of hydrogen-bond acceptors (Lipinski definition) is 4. The standard InChI is InChI=1S/C28H31ClN2O4S/c1-30-16-7-8-17-31(36(33,34)21-23-12-9-13-24(29)18-23)25(19-22-10-3-2-4-11-22)20-35-27-15-6-5-14-26(27)28(30)32/h2-6,9-15,18,25H,7-8,16-17,19-21H2,1H3/t25-/m0/s1. The molecule has 6 nitrogen and oxygen atoms in total. The van der Waals surface area contributed by atoms with E-state index in [1.165, 1.54) is 0 Å². The van der Waals surface area contributed by atoms with Crippen LogP contribution in [0, 0.1) is 0 Å². The van der Waals surface area contributed by atoms with Crippen LogP contribution in [0.5, 0.6) is 5.75 Å². The molecule has 3 aromatic carbocycles. The van der Waals surface area contributed by atoms with Crippen molar-refractivity contribution in [1.29, 1.82) is 0 Å². The second kappa shape index (κ2) is 11.9. The normalized spacial score (nSPS) is 18.0. The monoisotopic (exact) mass is 526 g/mol. The number of benzene rings is 3. The van der Waals surface area contributed by atoms with Crippen molar-refractivity contribution in [2.45, 2.75) is 31.1 Å². The molecule has 36 heavy (non-hydrogen) atoms. The molecule has 1 atom stereocenters. The Labute approximate surface area is 218 Å². The number of carbonyl (C=O) groups excluding carboxylic acids is 1. The van der Waals surface area contributed by atoms with Crippen molar-refractivity contribution in [3.8, 4) is 5.75 Å². The molecule has 0 aromatic heterocycles. The molecule has 0 fully saturated rings. The fourth-order valence-electron chi connectivity index (χ4n) is 4.48. The topological polar surface area (TPSA) is 66.9 Å². The van der Waals surface area contributed by atoms with Crippen molar-refractivity contribution in [1.82, 2.24) is 9.21 Å². The van der Waals surface area contributed by atoms with E-state index in [0.29, 0.717) is 54.3 Å². The summed E-state index contributed by atoms with van der Waals surface area (Å²) in [4.78, 5) is 14.7. The molecule has 190 valence electrons. The number of amides is 1. The Balaban J connectivity index is 1.70. The van der Waals surface area contributed by atoms with Gasteiger partial charge in [0.15, 0.2) is 0 Å². The predicted molar refractivity (Wildman–Crippen MR) is 143 cm³/mol. The molecule has 1 aliphatic heterocycles. The lowest BCUT2D eigenvalue weighted by molar-refractivity contribution is 0.0781. The van der Waals surface area contributed by atoms with Gasteiger partial charge in [-0.3, -0.25) is 4.79 Å². The van der Waals surface area contributed by atoms with E-state index in [1.807, 2.05) is 42.5 Å². The molecule has 1 heterocycles. The Kier molecular flexibility index (Phi) is 8.67. The van der Waals surface area contributed by atoms with Crippen LogP contribution in [-0.2, 0) is 22.2 Å². The molecule has 4 rings (SSSR count). The van der Waals surface area contributed by atoms with Gasteiger partial charge in [0, 0.05) is 25.2 Å². The van der Waals surface area contributed by atoms with Crippen LogP contribution in [0.1, 0.15) is 34.3 Å². The summed E-state index contributed by atoms with van der Waals surface area (Å²) in [6.45, 7) is 0.990. The third kappa shape index (κ3) is 6.66. The van der Waals surface area contributed by atoms with Crippen LogP contribution in [0.3, 0.4) is 0 Å². The summed E-state index contributed by atoms with van der Waals surface area (Å²) in [5.41, 5.74) is 2.14. The van der Waals surface area contributed by atoms with Crippen molar-refractivity contribution >= 4 is 27.5 Å². The zero-order valence-electron chi connectivity index (χ0n) is 20.3. The first-order valence-corrected chi connectivity index (χ1v) is 14.1. The number of rotatable bonds is 5. The number of fused-ring (bicyclic) bond motifs is 1. The minimum Gasteiger partial charge on any atom is -0.491 e. The lowest BCUT2D eigenvalue weighted by Gasteiger charge is -2.32. The lowest BCUT2D eigenvalue weighted by atomic mass is 10.1. The molecule has 0 N–H and O–H groups in total. The Hall–Kier alpha value is -2.87. The molecule has 0 saturated carbocycles. The summed E-state index contributed by atoms with van der Waals surface area (Å²) >= 11 is 6.13. The van der Waals surface area contributed by atoms with Gasteiger partial charge >= 0.3 is 0 Å². The molecule has 1 aliphatic rings. The van der Waals surface area contributed by atoms with Crippen LogP contribution in [0.4, 0.5) is 0 Å². The van der Waals surface area contributed by atoms with Crippen molar-refractivity contribution in [3.05, 3.63) is 101 Å². The van der Waals surface area contributed by atoms with Gasteiger partial charge in [0.2, 0.25) is 10.0 Å². The Morgan fingerprint density at radius 2 is 1.61 bits per heavy atom. The van der Waals surface area contributed by atoms with E-state index in [-0.39, 0.29) is 18.3 Å². The van der Waals surface area contributed by atoms with Crippen molar-refractivity contribution in [2.24, 2.45) is 0 Å². The second-order valence-corrected chi connectivity index (χ2v) is 11.4. The first-order valence-electron chi connectivity index (χ1n) is 12.1. The smallest absolute Gasteiger partial charge is 0.257 e. The van der Waals surface area contributed by atoms with Crippen LogP contribution in [0.25, 0.3) is 0 Å². The summed E-state index contributed by atoms with van der Waals surface area (Å²) in [6.07, 6.45) is 1.80. The van der Waals surface area contributed by atoms with E-state index < -0.39 is 16.1 Å². The van der Waals surface area contributed by atoms with Gasteiger partial charge in [-0.25, -0.2) is 8.42 Å². The molecule has 1 amide bonds. The molecule has 0 unspecified atom stereocenters. The summed E-state index contributed by atoms with van der Waals surface area (Å²) in [5.74, 6) is 0.213. The van der Waals surface area contributed by atoms with E-state index in [9.17, 15) is 13.2 Å². The molecular weight excluding hydrogens is 496 g/mol. The average molecular weight is 527 g/mol. The van der Waals surface area contributed by atoms with Gasteiger partial charge in [-0.2, -0.15) is 4.31 Å². The predicted octanol–water partition coefficient (Wildman–Crippen LogP) is 5.03. The van der Waals surface area contributed by atoms with Crippen molar-refractivity contribution < 1.29 is 17.9 Å². The molecule has 0 radical (unpaired) electrons. The maximum absolute atomic E-state index is 13.8. The highest BCUT2D eigenvalue weighted by molar-refractivity contribution is 7.88. The maximum atomic E-state index is 13.8. The first kappa shape index (κ1) is 26.2. The highest BCUT2D eigenvalue weighted by Crippen LogP contribution is 2.25. The number of sulfonamides is 1. The number of halogens is 1. The fraction of sp³-hybridized carbons (Fsp3) is 0.321. The molecule has 0 aliphatic carbocycles. The van der Waals surface area contributed by atoms with Crippen molar-refractivity contribution in [3.63, 3.8) is 0 Å². The average Bonchev–Trinajstić information content (AvgIpc) is 2.86. The van der Waals surface area contributed by atoms with E-state index in [2.05, 4.69) is 0 Å². The van der Waals surface area contributed by atoms with E-state index >= 15 is 0 Å². The highest BCUT2D eigenvalue weighted by Gasteiger charge is 2.32.